The van der Waals surface area contributed by atoms with Crippen molar-refractivity contribution in [2.75, 3.05) is 7.11 Å². The zero-order valence-electron chi connectivity index (χ0n) is 12.5. The van der Waals surface area contributed by atoms with Gasteiger partial charge in [-0.1, -0.05) is 38.0 Å². The lowest BCUT2D eigenvalue weighted by Crippen LogP contribution is -2.35. The highest BCUT2D eigenvalue weighted by atomic mass is 16.5. The van der Waals surface area contributed by atoms with Gasteiger partial charge in [-0.15, -0.1) is 0 Å². The van der Waals surface area contributed by atoms with Crippen LogP contribution in [-0.4, -0.2) is 24.4 Å². The summed E-state index contributed by atoms with van der Waals surface area (Å²) < 4.78 is 5.40. The summed E-state index contributed by atoms with van der Waals surface area (Å²) in [5.41, 5.74) is 8.32. The first kappa shape index (κ1) is 16.0. The SMILES string of the molecule is CCCC(N)C(O)CC(C)c1cc(C)ccc1OC. The minimum atomic E-state index is -0.458. The van der Waals surface area contributed by atoms with Crippen LogP contribution in [0.15, 0.2) is 18.2 Å². The van der Waals surface area contributed by atoms with Gasteiger partial charge in [-0.3, -0.25) is 0 Å². The summed E-state index contributed by atoms with van der Waals surface area (Å²) in [6.07, 6.45) is 2.07. The van der Waals surface area contributed by atoms with Crippen molar-refractivity contribution in [3.05, 3.63) is 29.3 Å². The van der Waals surface area contributed by atoms with Gasteiger partial charge < -0.3 is 15.6 Å². The minimum absolute atomic E-state index is 0.136. The molecule has 108 valence electrons. The molecule has 3 unspecified atom stereocenters. The van der Waals surface area contributed by atoms with Crippen LogP contribution in [0.1, 0.15) is 50.2 Å². The van der Waals surface area contributed by atoms with Crippen molar-refractivity contribution in [1.82, 2.24) is 0 Å². The van der Waals surface area contributed by atoms with E-state index >= 15 is 0 Å². The Bertz CT molecular complexity index is 392. The largest absolute Gasteiger partial charge is 0.496 e. The molecule has 0 aromatic heterocycles. The predicted octanol–water partition coefficient (Wildman–Crippen LogP) is 2.99. The van der Waals surface area contributed by atoms with Crippen LogP contribution in [0.5, 0.6) is 5.75 Å². The van der Waals surface area contributed by atoms with Gasteiger partial charge in [0.25, 0.3) is 0 Å². The van der Waals surface area contributed by atoms with Gasteiger partial charge in [0, 0.05) is 6.04 Å². The van der Waals surface area contributed by atoms with Crippen molar-refractivity contribution in [2.24, 2.45) is 5.73 Å². The zero-order chi connectivity index (χ0) is 14.4. The Morgan fingerprint density at radius 1 is 1.37 bits per heavy atom. The van der Waals surface area contributed by atoms with E-state index in [0.29, 0.717) is 6.42 Å². The molecule has 0 aliphatic heterocycles. The summed E-state index contributed by atoms with van der Waals surface area (Å²) in [7, 11) is 1.68. The molecule has 3 heteroatoms. The third-order valence-corrected chi connectivity index (χ3v) is 3.63. The maximum atomic E-state index is 10.1. The lowest BCUT2D eigenvalue weighted by atomic mass is 9.90. The third-order valence-electron chi connectivity index (χ3n) is 3.63. The topological polar surface area (TPSA) is 55.5 Å². The van der Waals surface area contributed by atoms with Gasteiger partial charge in [0.2, 0.25) is 0 Å². The van der Waals surface area contributed by atoms with E-state index in [4.69, 9.17) is 10.5 Å². The lowest BCUT2D eigenvalue weighted by molar-refractivity contribution is 0.124. The highest BCUT2D eigenvalue weighted by Gasteiger charge is 2.20. The number of hydrogen-bond donors (Lipinski definition) is 2. The molecule has 3 N–H and O–H groups in total. The summed E-state index contributed by atoms with van der Waals surface area (Å²) in [5.74, 6) is 1.11. The fraction of sp³-hybridized carbons (Fsp3) is 0.625. The first-order valence-electron chi connectivity index (χ1n) is 7.07. The summed E-state index contributed by atoms with van der Waals surface area (Å²) in [4.78, 5) is 0. The van der Waals surface area contributed by atoms with E-state index in [1.165, 1.54) is 5.56 Å². The monoisotopic (exact) mass is 265 g/mol. The molecule has 1 rings (SSSR count). The van der Waals surface area contributed by atoms with Gasteiger partial charge in [-0.25, -0.2) is 0 Å². The van der Waals surface area contributed by atoms with Gasteiger partial charge in [-0.2, -0.15) is 0 Å². The molecule has 0 saturated heterocycles. The van der Waals surface area contributed by atoms with Gasteiger partial charge in [0.1, 0.15) is 5.75 Å². The van der Waals surface area contributed by atoms with Crippen LogP contribution in [-0.2, 0) is 0 Å². The number of hydrogen-bond acceptors (Lipinski definition) is 3. The Morgan fingerprint density at radius 2 is 2.05 bits per heavy atom. The molecule has 0 fully saturated rings. The minimum Gasteiger partial charge on any atom is -0.496 e. The Balaban J connectivity index is 2.77. The molecule has 0 heterocycles. The number of nitrogens with two attached hydrogens (primary N) is 1. The first-order chi connectivity index (χ1) is 8.99. The molecule has 1 aromatic rings. The van der Waals surface area contributed by atoms with Crippen LogP contribution in [0, 0.1) is 6.92 Å². The van der Waals surface area contributed by atoms with Crippen LogP contribution in [0.25, 0.3) is 0 Å². The molecule has 19 heavy (non-hydrogen) atoms. The van der Waals surface area contributed by atoms with Gasteiger partial charge in [0.05, 0.1) is 13.2 Å². The summed E-state index contributed by atoms with van der Waals surface area (Å²) in [6, 6.07) is 6.01. The lowest BCUT2D eigenvalue weighted by Gasteiger charge is -2.23. The number of ether oxygens (including phenoxy) is 1. The van der Waals surface area contributed by atoms with Crippen LogP contribution in [0.4, 0.5) is 0 Å². The fourth-order valence-corrected chi connectivity index (χ4v) is 2.43. The Labute approximate surface area is 116 Å². The normalized spacial score (nSPS) is 15.9. The number of methoxy groups -OCH3 is 1. The molecule has 0 spiro atoms. The fourth-order valence-electron chi connectivity index (χ4n) is 2.43. The van der Waals surface area contributed by atoms with Crippen LogP contribution >= 0.6 is 0 Å². The molecule has 3 atom stereocenters. The van der Waals surface area contributed by atoms with Crippen molar-refractivity contribution in [3.63, 3.8) is 0 Å². The van der Waals surface area contributed by atoms with E-state index in [9.17, 15) is 5.11 Å². The molecule has 0 amide bonds. The second kappa shape index (κ2) is 7.51. The molecule has 0 aliphatic carbocycles. The van der Waals surface area contributed by atoms with Crippen LogP contribution < -0.4 is 10.5 Å². The van der Waals surface area contributed by atoms with Crippen molar-refractivity contribution in [3.8, 4) is 5.75 Å². The molecule has 0 radical (unpaired) electrons. The predicted molar refractivity (Wildman–Crippen MR) is 79.7 cm³/mol. The molecule has 0 saturated carbocycles. The molecule has 1 aromatic carbocycles. The quantitative estimate of drug-likeness (QED) is 0.797. The van der Waals surface area contributed by atoms with E-state index in [-0.39, 0.29) is 12.0 Å². The standard InChI is InChI=1S/C16H27NO2/c1-5-6-14(17)15(18)10-12(3)13-9-11(2)7-8-16(13)19-4/h7-9,12,14-15,18H,5-6,10,17H2,1-4H3. The van der Waals surface area contributed by atoms with E-state index in [1.807, 2.05) is 12.1 Å². The van der Waals surface area contributed by atoms with Gasteiger partial charge >= 0.3 is 0 Å². The van der Waals surface area contributed by atoms with E-state index in [2.05, 4.69) is 26.8 Å². The van der Waals surface area contributed by atoms with Crippen LogP contribution in [0.2, 0.25) is 0 Å². The highest BCUT2D eigenvalue weighted by molar-refractivity contribution is 5.39. The first-order valence-corrected chi connectivity index (χ1v) is 7.07. The highest BCUT2D eigenvalue weighted by Crippen LogP contribution is 2.31. The number of aliphatic hydroxyl groups excluding tert-OH is 1. The molecule has 3 nitrogen and oxygen atoms in total. The number of aliphatic hydroxyl groups is 1. The number of aryl methyl sites for hydroxylation is 1. The molecular weight excluding hydrogens is 238 g/mol. The van der Waals surface area contributed by atoms with Crippen molar-refractivity contribution >= 4 is 0 Å². The smallest absolute Gasteiger partial charge is 0.122 e. The van der Waals surface area contributed by atoms with Gasteiger partial charge in [-0.05, 0) is 37.3 Å². The molecule has 0 aliphatic rings. The second-order valence-corrected chi connectivity index (χ2v) is 5.40. The second-order valence-electron chi connectivity index (χ2n) is 5.40. The Kier molecular flexibility index (Phi) is 6.32. The van der Waals surface area contributed by atoms with E-state index in [0.717, 1.165) is 24.2 Å². The zero-order valence-corrected chi connectivity index (χ0v) is 12.5. The Hall–Kier alpha value is -1.06. The van der Waals surface area contributed by atoms with Crippen molar-refractivity contribution in [1.29, 1.82) is 0 Å². The summed E-state index contributed by atoms with van der Waals surface area (Å²) in [6.45, 7) is 6.26. The van der Waals surface area contributed by atoms with Crippen molar-refractivity contribution in [2.45, 2.75) is 58.1 Å². The maximum absolute atomic E-state index is 10.1. The summed E-state index contributed by atoms with van der Waals surface area (Å²) in [5, 5.41) is 10.1. The Morgan fingerprint density at radius 3 is 2.63 bits per heavy atom. The van der Waals surface area contributed by atoms with E-state index in [1.54, 1.807) is 7.11 Å². The molecular formula is C16H27NO2. The molecule has 0 bridgehead atoms. The average molecular weight is 265 g/mol. The summed E-state index contributed by atoms with van der Waals surface area (Å²) >= 11 is 0. The van der Waals surface area contributed by atoms with E-state index < -0.39 is 6.10 Å². The number of rotatable bonds is 7. The average Bonchev–Trinajstić information content (AvgIpc) is 2.38. The van der Waals surface area contributed by atoms with Crippen molar-refractivity contribution < 1.29 is 9.84 Å². The third kappa shape index (κ3) is 4.51. The van der Waals surface area contributed by atoms with Gasteiger partial charge in [0.15, 0.2) is 0 Å². The maximum Gasteiger partial charge on any atom is 0.122 e. The van der Waals surface area contributed by atoms with Crippen LogP contribution in [0.3, 0.4) is 0 Å². The number of benzene rings is 1.